The summed E-state index contributed by atoms with van der Waals surface area (Å²) in [5.41, 5.74) is 5.60. The van der Waals surface area contributed by atoms with Crippen LogP contribution in [0.4, 0.5) is 13.2 Å². The van der Waals surface area contributed by atoms with Crippen LogP contribution in [0.3, 0.4) is 0 Å². The Kier molecular flexibility index (Phi) is 4.79. The van der Waals surface area contributed by atoms with Crippen LogP contribution in [0.5, 0.6) is 5.75 Å². The fourth-order valence-corrected chi connectivity index (χ4v) is 4.13. The maximum Gasteiger partial charge on any atom is 0.573 e. The molecule has 2 aliphatic rings. The summed E-state index contributed by atoms with van der Waals surface area (Å²) < 4.78 is 41.1. The summed E-state index contributed by atoms with van der Waals surface area (Å²) in [6.45, 7) is 0. The molecule has 0 saturated heterocycles. The maximum atomic E-state index is 12.4. The molecule has 3 rings (SSSR count). The van der Waals surface area contributed by atoms with Gasteiger partial charge < -0.3 is 10.5 Å². The first-order valence-electron chi connectivity index (χ1n) is 8.56. The summed E-state index contributed by atoms with van der Waals surface area (Å²) >= 11 is 0. The number of alkyl halides is 3. The summed E-state index contributed by atoms with van der Waals surface area (Å²) in [4.78, 5) is 0. The number of nitrogens with two attached hydrogens (primary N) is 1. The summed E-state index contributed by atoms with van der Waals surface area (Å²) in [5, 5.41) is 29.3. The summed E-state index contributed by atoms with van der Waals surface area (Å²) in [6.07, 6.45) is -0.718. The largest absolute Gasteiger partial charge is 0.573 e. The van der Waals surface area contributed by atoms with Gasteiger partial charge in [0, 0.05) is 5.92 Å². The van der Waals surface area contributed by atoms with Crippen LogP contribution in [0.25, 0.3) is 0 Å². The van der Waals surface area contributed by atoms with E-state index in [0.717, 1.165) is 25.0 Å². The third kappa shape index (κ3) is 3.06. The van der Waals surface area contributed by atoms with E-state index in [-0.39, 0.29) is 17.2 Å². The number of hydrogen-bond donors (Lipinski definition) is 1. The predicted octanol–water partition coefficient (Wildman–Crippen LogP) is 4.18. The molecule has 0 saturated carbocycles. The Morgan fingerprint density at radius 2 is 1.75 bits per heavy atom. The van der Waals surface area contributed by atoms with Crippen molar-refractivity contribution in [2.45, 2.75) is 31.5 Å². The number of nitrogens with zero attached hydrogens (tertiary/aromatic N) is 3. The van der Waals surface area contributed by atoms with Crippen LogP contribution in [-0.2, 0) is 0 Å². The van der Waals surface area contributed by atoms with Crippen molar-refractivity contribution in [3.8, 4) is 24.0 Å². The monoisotopic (exact) mass is 384 g/mol. The fraction of sp³-hybridized carbons (Fsp3) is 0.350. The van der Waals surface area contributed by atoms with E-state index >= 15 is 0 Å². The van der Waals surface area contributed by atoms with Gasteiger partial charge in [0.2, 0.25) is 0 Å². The van der Waals surface area contributed by atoms with Crippen LogP contribution in [0.2, 0.25) is 0 Å². The summed E-state index contributed by atoms with van der Waals surface area (Å²) in [7, 11) is 0. The van der Waals surface area contributed by atoms with Crippen molar-refractivity contribution in [3.05, 3.63) is 52.7 Å². The SMILES string of the molecule is N#CC1=C(N)C(C#N)(C#N)[C@@H](c2ccc(OC(F)(F)F)cc2)[C@H]2CCCC=C12. The van der Waals surface area contributed by atoms with Gasteiger partial charge in [-0.1, -0.05) is 18.2 Å². The summed E-state index contributed by atoms with van der Waals surface area (Å²) in [5.74, 6) is -1.40. The molecule has 0 bridgehead atoms. The molecule has 5 nitrogen and oxygen atoms in total. The lowest BCUT2D eigenvalue weighted by Crippen LogP contribution is -2.42. The van der Waals surface area contributed by atoms with Crippen LogP contribution in [0.15, 0.2) is 47.2 Å². The number of fused-ring (bicyclic) bond motifs is 1. The average Bonchev–Trinajstić information content (AvgIpc) is 2.67. The van der Waals surface area contributed by atoms with E-state index in [9.17, 15) is 29.0 Å². The molecule has 1 aromatic carbocycles. The van der Waals surface area contributed by atoms with Crippen molar-refractivity contribution in [2.24, 2.45) is 17.1 Å². The Labute approximate surface area is 159 Å². The van der Waals surface area contributed by atoms with E-state index in [1.807, 2.05) is 24.3 Å². The zero-order chi connectivity index (χ0) is 20.5. The van der Waals surface area contributed by atoms with Gasteiger partial charge in [0.15, 0.2) is 5.41 Å². The topological polar surface area (TPSA) is 107 Å². The van der Waals surface area contributed by atoms with Crippen LogP contribution in [-0.4, -0.2) is 6.36 Å². The zero-order valence-corrected chi connectivity index (χ0v) is 14.6. The number of benzene rings is 1. The minimum Gasteiger partial charge on any atom is -0.406 e. The lowest BCUT2D eigenvalue weighted by Gasteiger charge is -2.43. The maximum absolute atomic E-state index is 12.4. The van der Waals surface area contributed by atoms with Crippen molar-refractivity contribution in [1.82, 2.24) is 0 Å². The number of rotatable bonds is 2. The molecule has 0 radical (unpaired) electrons. The van der Waals surface area contributed by atoms with Crippen LogP contribution >= 0.6 is 0 Å². The molecule has 0 heterocycles. The Bertz CT molecular complexity index is 957. The lowest BCUT2D eigenvalue weighted by molar-refractivity contribution is -0.274. The molecule has 0 aliphatic heterocycles. The van der Waals surface area contributed by atoms with Crippen LogP contribution < -0.4 is 10.5 Å². The van der Waals surface area contributed by atoms with Gasteiger partial charge in [-0.05, 0) is 48.4 Å². The second-order valence-electron chi connectivity index (χ2n) is 6.72. The molecule has 0 unspecified atom stereocenters. The van der Waals surface area contributed by atoms with E-state index in [0.29, 0.717) is 17.6 Å². The summed E-state index contributed by atoms with van der Waals surface area (Å²) in [6, 6.07) is 11.1. The Morgan fingerprint density at radius 1 is 1.11 bits per heavy atom. The highest BCUT2D eigenvalue weighted by Gasteiger charge is 2.53. The first-order valence-corrected chi connectivity index (χ1v) is 8.56. The molecule has 1 aromatic rings. The molecule has 0 aromatic heterocycles. The number of allylic oxidation sites excluding steroid dienone is 4. The number of ether oxygens (including phenoxy) is 1. The van der Waals surface area contributed by atoms with Crippen LogP contribution in [0.1, 0.15) is 30.7 Å². The van der Waals surface area contributed by atoms with Gasteiger partial charge in [-0.15, -0.1) is 13.2 Å². The second-order valence-corrected chi connectivity index (χ2v) is 6.72. The number of nitriles is 3. The third-order valence-electron chi connectivity index (χ3n) is 5.27. The number of hydrogen-bond acceptors (Lipinski definition) is 5. The van der Waals surface area contributed by atoms with Crippen molar-refractivity contribution >= 4 is 0 Å². The van der Waals surface area contributed by atoms with Gasteiger partial charge in [0.1, 0.15) is 11.8 Å². The Morgan fingerprint density at radius 3 is 2.29 bits per heavy atom. The van der Waals surface area contributed by atoms with E-state index in [1.54, 1.807) is 0 Å². The predicted molar refractivity (Wildman–Crippen MR) is 91.8 cm³/mol. The molecule has 2 aliphatic carbocycles. The van der Waals surface area contributed by atoms with Crippen molar-refractivity contribution in [3.63, 3.8) is 0 Å². The molecule has 8 heteroatoms. The van der Waals surface area contributed by atoms with Gasteiger partial charge in [-0.3, -0.25) is 0 Å². The Hall–Kier alpha value is -3.44. The fourth-order valence-electron chi connectivity index (χ4n) is 4.13. The zero-order valence-electron chi connectivity index (χ0n) is 14.6. The molecule has 0 spiro atoms. The first-order chi connectivity index (χ1) is 13.3. The van der Waals surface area contributed by atoms with E-state index in [2.05, 4.69) is 4.74 Å². The van der Waals surface area contributed by atoms with E-state index < -0.39 is 23.4 Å². The lowest BCUT2D eigenvalue weighted by atomic mass is 9.57. The molecular formula is C20H15F3N4O. The molecule has 142 valence electrons. The van der Waals surface area contributed by atoms with Gasteiger partial charge >= 0.3 is 6.36 Å². The number of halogens is 3. The standard InChI is InChI=1S/C20H15F3N4O/c21-20(22,23)28-13-7-5-12(6-8-13)17-15-4-2-1-3-14(15)16(9-24)18(27)19(17,10-25)11-26/h3,5-8,15,17H,1-2,4,27H2/t15-,17-/m0/s1. The molecule has 2 N–H and O–H groups in total. The second kappa shape index (κ2) is 6.94. The normalized spacial score (nSPS) is 23.5. The molecule has 0 amide bonds. The highest BCUT2D eigenvalue weighted by atomic mass is 19.4. The highest BCUT2D eigenvalue weighted by Crippen LogP contribution is 2.55. The van der Waals surface area contributed by atoms with Gasteiger partial charge in [0.25, 0.3) is 0 Å². The molecule has 2 atom stereocenters. The minimum atomic E-state index is -4.82. The minimum absolute atomic E-state index is 0.106. The van der Waals surface area contributed by atoms with Crippen LogP contribution in [0, 0.1) is 45.3 Å². The first kappa shape index (κ1) is 19.3. The molecular weight excluding hydrogens is 369 g/mol. The van der Waals surface area contributed by atoms with Crippen molar-refractivity contribution < 1.29 is 17.9 Å². The van der Waals surface area contributed by atoms with E-state index in [1.165, 1.54) is 12.1 Å². The molecule has 28 heavy (non-hydrogen) atoms. The van der Waals surface area contributed by atoms with Crippen molar-refractivity contribution in [1.29, 1.82) is 15.8 Å². The van der Waals surface area contributed by atoms with Crippen molar-refractivity contribution in [2.75, 3.05) is 0 Å². The molecule has 0 fully saturated rings. The van der Waals surface area contributed by atoms with E-state index in [4.69, 9.17) is 5.73 Å². The highest BCUT2D eigenvalue weighted by molar-refractivity contribution is 5.59. The Balaban J connectivity index is 2.15. The average molecular weight is 384 g/mol. The smallest absolute Gasteiger partial charge is 0.406 e. The quantitative estimate of drug-likeness (QED) is 0.823. The third-order valence-corrected chi connectivity index (χ3v) is 5.27. The van der Waals surface area contributed by atoms with Gasteiger partial charge in [0.05, 0.1) is 23.4 Å². The van der Waals surface area contributed by atoms with Gasteiger partial charge in [-0.25, -0.2) is 0 Å². The van der Waals surface area contributed by atoms with Gasteiger partial charge in [-0.2, -0.15) is 15.8 Å².